The fourth-order valence-corrected chi connectivity index (χ4v) is 4.79. The number of carbonyl (C=O) groups is 1. The molecule has 6 nitrogen and oxygen atoms in total. The maximum Gasteiger partial charge on any atom is 0.508 e. The highest BCUT2D eigenvalue weighted by Gasteiger charge is 2.30. The van der Waals surface area contributed by atoms with E-state index < -0.39 is 6.16 Å². The van der Waals surface area contributed by atoms with Crippen molar-refractivity contribution >= 4 is 17.1 Å². The van der Waals surface area contributed by atoms with Gasteiger partial charge in [0.1, 0.15) is 12.4 Å². The third-order valence-corrected chi connectivity index (χ3v) is 6.35. The Morgan fingerprint density at radius 2 is 1.97 bits per heavy atom. The van der Waals surface area contributed by atoms with Gasteiger partial charge in [-0.1, -0.05) is 0 Å². The molecule has 0 radical (unpaired) electrons. The molecule has 1 aliphatic heterocycles. The van der Waals surface area contributed by atoms with E-state index in [0.717, 1.165) is 47.2 Å². The van der Waals surface area contributed by atoms with E-state index in [1.165, 1.54) is 18.7 Å². The lowest BCUT2D eigenvalue weighted by Crippen LogP contribution is -2.25. The maximum atomic E-state index is 14.5. The molecule has 154 valence electrons. The van der Waals surface area contributed by atoms with Crippen molar-refractivity contribution < 1.29 is 18.7 Å². The number of carbonyl (C=O) groups excluding carboxylic acids is 1. The van der Waals surface area contributed by atoms with Crippen LogP contribution in [0.4, 0.5) is 9.18 Å². The van der Waals surface area contributed by atoms with Crippen LogP contribution in [0, 0.1) is 19.7 Å². The summed E-state index contributed by atoms with van der Waals surface area (Å²) in [7, 11) is 1.22. The van der Waals surface area contributed by atoms with E-state index in [4.69, 9.17) is 9.72 Å². The van der Waals surface area contributed by atoms with Gasteiger partial charge in [-0.05, 0) is 61.4 Å². The summed E-state index contributed by atoms with van der Waals surface area (Å²) in [6, 6.07) is 3.40. The molecular formula is C23H21FN2O4. The monoisotopic (exact) mass is 408 g/mol. The number of rotatable bonds is 2. The maximum absolute atomic E-state index is 14.5. The smallest absolute Gasteiger partial charge is 0.438 e. The van der Waals surface area contributed by atoms with Crippen LogP contribution in [0.1, 0.15) is 39.8 Å². The molecule has 0 atom stereocenters. The molecule has 0 fully saturated rings. The van der Waals surface area contributed by atoms with Gasteiger partial charge in [0.2, 0.25) is 0 Å². The Hall–Kier alpha value is -3.22. The summed E-state index contributed by atoms with van der Waals surface area (Å²) in [4.78, 5) is 29.3. The molecule has 0 saturated heterocycles. The van der Waals surface area contributed by atoms with Gasteiger partial charge in [0.15, 0.2) is 0 Å². The molecule has 0 unspecified atom stereocenters. The molecule has 0 bridgehead atoms. The van der Waals surface area contributed by atoms with Crippen molar-refractivity contribution in [2.45, 2.75) is 46.3 Å². The van der Waals surface area contributed by atoms with E-state index in [1.807, 2.05) is 19.9 Å². The second-order valence-corrected chi connectivity index (χ2v) is 7.95. The van der Waals surface area contributed by atoms with Crippen LogP contribution in [-0.4, -0.2) is 22.8 Å². The number of pyridine rings is 2. The molecule has 0 spiro atoms. The van der Waals surface area contributed by atoms with Crippen LogP contribution in [0.15, 0.2) is 16.9 Å². The number of hydrogen-bond donors (Lipinski definition) is 0. The molecule has 0 N–H and O–H groups in total. The topological polar surface area (TPSA) is 70.4 Å². The summed E-state index contributed by atoms with van der Waals surface area (Å²) in [5.74, 6) is -0.236. The molecule has 7 heteroatoms. The number of methoxy groups -OCH3 is 1. The Labute approximate surface area is 172 Å². The van der Waals surface area contributed by atoms with Crippen LogP contribution in [-0.2, 0) is 35.5 Å². The molecule has 2 aromatic heterocycles. The number of fused-ring (bicyclic) bond motifs is 4. The van der Waals surface area contributed by atoms with E-state index in [9.17, 15) is 14.0 Å². The number of nitrogens with zero attached hydrogens (tertiary/aromatic N) is 2. The Morgan fingerprint density at radius 1 is 1.20 bits per heavy atom. The molecule has 5 rings (SSSR count). The molecule has 2 aliphatic rings. The van der Waals surface area contributed by atoms with Crippen LogP contribution in [0.3, 0.4) is 0 Å². The first kappa shape index (κ1) is 18.8. The Kier molecular flexibility index (Phi) is 4.17. The average Bonchev–Trinajstić information content (AvgIpc) is 3.10. The van der Waals surface area contributed by atoms with Crippen LogP contribution in [0.25, 0.3) is 22.3 Å². The van der Waals surface area contributed by atoms with Crippen LogP contribution in [0.5, 0.6) is 0 Å². The van der Waals surface area contributed by atoms with Crippen molar-refractivity contribution in [2.24, 2.45) is 0 Å². The summed E-state index contributed by atoms with van der Waals surface area (Å²) in [6.45, 7) is 3.90. The minimum absolute atomic E-state index is 0.148. The summed E-state index contributed by atoms with van der Waals surface area (Å²) in [5, 5.41) is 1.05. The summed E-state index contributed by atoms with van der Waals surface area (Å²) in [5.41, 5.74) is 6.98. The highest BCUT2D eigenvalue weighted by atomic mass is 19.1. The van der Waals surface area contributed by atoms with Crippen molar-refractivity contribution in [2.75, 3.05) is 7.11 Å². The molecule has 1 aromatic carbocycles. The number of halogens is 1. The SMILES string of the molecule is COC(=O)OCc1c(C)cc2n(c1=O)Cc1c-2nc2cc(F)c(C)c3c2c1CCC3. The second kappa shape index (κ2) is 6.65. The number of benzene rings is 1. The van der Waals surface area contributed by atoms with Crippen LogP contribution >= 0.6 is 0 Å². The zero-order chi connectivity index (χ0) is 21.2. The highest BCUT2D eigenvalue weighted by molar-refractivity contribution is 5.92. The number of hydrogen-bond acceptors (Lipinski definition) is 5. The van der Waals surface area contributed by atoms with Crippen molar-refractivity contribution in [1.29, 1.82) is 0 Å². The first-order valence-corrected chi connectivity index (χ1v) is 9.98. The van der Waals surface area contributed by atoms with Gasteiger partial charge in [-0.3, -0.25) is 4.79 Å². The van der Waals surface area contributed by atoms with Crippen molar-refractivity contribution in [3.63, 3.8) is 0 Å². The van der Waals surface area contributed by atoms with Gasteiger partial charge in [-0.15, -0.1) is 0 Å². The highest BCUT2D eigenvalue weighted by Crippen LogP contribution is 2.41. The zero-order valence-electron chi connectivity index (χ0n) is 17.1. The van der Waals surface area contributed by atoms with Crippen LogP contribution in [0.2, 0.25) is 0 Å². The molecule has 30 heavy (non-hydrogen) atoms. The number of aryl methyl sites for hydroxylation is 3. The predicted octanol–water partition coefficient (Wildman–Crippen LogP) is 3.95. The fraction of sp³-hybridized carbons (Fsp3) is 0.348. The largest absolute Gasteiger partial charge is 0.508 e. The average molecular weight is 408 g/mol. The Morgan fingerprint density at radius 3 is 2.73 bits per heavy atom. The van der Waals surface area contributed by atoms with Gasteiger partial charge in [0.25, 0.3) is 5.56 Å². The molecule has 0 amide bonds. The van der Waals surface area contributed by atoms with Gasteiger partial charge < -0.3 is 14.0 Å². The standard InChI is InChI=1S/C23H21FN2O4/c1-11-7-19-21-15(9-26(19)22(27)16(11)10-30-23(28)29-3)14-6-4-5-13-12(2)17(24)8-18(25-21)20(13)14/h7-8H,4-6,9-10H2,1-3H3. The first-order chi connectivity index (χ1) is 14.4. The van der Waals surface area contributed by atoms with Crippen molar-refractivity contribution in [3.05, 3.63) is 61.7 Å². The summed E-state index contributed by atoms with van der Waals surface area (Å²) in [6.07, 6.45) is 1.85. The van der Waals surface area contributed by atoms with Crippen molar-refractivity contribution in [3.8, 4) is 11.4 Å². The van der Waals surface area contributed by atoms with Gasteiger partial charge in [0, 0.05) is 17.0 Å². The first-order valence-electron chi connectivity index (χ1n) is 9.98. The second-order valence-electron chi connectivity index (χ2n) is 7.95. The molecule has 3 aromatic rings. The quantitative estimate of drug-likeness (QED) is 0.470. The lowest BCUT2D eigenvalue weighted by molar-refractivity contribution is 0.0664. The van der Waals surface area contributed by atoms with E-state index in [2.05, 4.69) is 4.74 Å². The van der Waals surface area contributed by atoms with Gasteiger partial charge in [0.05, 0.1) is 36.1 Å². The third kappa shape index (κ3) is 2.57. The normalized spacial score (nSPS) is 13.9. The van der Waals surface area contributed by atoms with Crippen molar-refractivity contribution in [1.82, 2.24) is 9.55 Å². The van der Waals surface area contributed by atoms with Gasteiger partial charge >= 0.3 is 6.16 Å². The van der Waals surface area contributed by atoms with Gasteiger partial charge in [-0.25, -0.2) is 14.2 Å². The summed E-state index contributed by atoms with van der Waals surface area (Å²) < 4.78 is 25.7. The van der Waals surface area contributed by atoms with Crippen LogP contribution < -0.4 is 5.56 Å². The lowest BCUT2D eigenvalue weighted by atomic mass is 9.85. The van der Waals surface area contributed by atoms with E-state index in [1.54, 1.807) is 4.57 Å². The number of ether oxygens (including phenoxy) is 2. The third-order valence-electron chi connectivity index (χ3n) is 6.35. The van der Waals surface area contributed by atoms with E-state index >= 15 is 0 Å². The molecule has 3 heterocycles. The minimum Gasteiger partial charge on any atom is -0.438 e. The predicted molar refractivity (Wildman–Crippen MR) is 109 cm³/mol. The van der Waals surface area contributed by atoms with Gasteiger partial charge in [-0.2, -0.15) is 0 Å². The van der Waals surface area contributed by atoms with E-state index in [0.29, 0.717) is 28.8 Å². The van der Waals surface area contributed by atoms with E-state index in [-0.39, 0.29) is 18.0 Å². The lowest BCUT2D eigenvalue weighted by Gasteiger charge is -2.21. The molecule has 1 aliphatic carbocycles. The molecule has 0 saturated carbocycles. The Balaban J connectivity index is 1.70. The Bertz CT molecular complexity index is 1310. The molecular weight excluding hydrogens is 387 g/mol. The fourth-order valence-electron chi connectivity index (χ4n) is 4.79. The zero-order valence-corrected chi connectivity index (χ0v) is 17.1. The summed E-state index contributed by atoms with van der Waals surface area (Å²) >= 11 is 0. The number of aromatic nitrogens is 2. The minimum atomic E-state index is -0.829.